The summed E-state index contributed by atoms with van der Waals surface area (Å²) in [7, 11) is 0. The van der Waals surface area contributed by atoms with E-state index in [4.69, 9.17) is 0 Å². The second-order valence-electron chi connectivity index (χ2n) is 6.81. The quantitative estimate of drug-likeness (QED) is 0.783. The number of thioether (sulfide) groups is 1. The maximum absolute atomic E-state index is 12.7. The predicted octanol–water partition coefficient (Wildman–Crippen LogP) is 5.18. The summed E-state index contributed by atoms with van der Waals surface area (Å²) in [5.74, 6) is 0.301. The Kier molecular flexibility index (Phi) is 4.21. The molecule has 2 aromatic heterocycles. The van der Waals surface area contributed by atoms with Crippen molar-refractivity contribution in [3.8, 4) is 10.6 Å². The molecule has 1 aliphatic carbocycles. The highest BCUT2D eigenvalue weighted by atomic mass is 32.2. The van der Waals surface area contributed by atoms with Gasteiger partial charge < -0.3 is 0 Å². The van der Waals surface area contributed by atoms with Crippen molar-refractivity contribution in [1.82, 2.24) is 10.2 Å². The van der Waals surface area contributed by atoms with E-state index in [-0.39, 0.29) is 5.41 Å². The lowest BCUT2D eigenvalue weighted by Crippen LogP contribution is -2.26. The molecule has 2 heterocycles. The van der Waals surface area contributed by atoms with Crippen LogP contribution in [0.25, 0.3) is 10.6 Å². The van der Waals surface area contributed by atoms with Gasteiger partial charge in [0, 0.05) is 23.4 Å². The molecule has 0 amide bonds. The van der Waals surface area contributed by atoms with E-state index in [0.717, 1.165) is 24.1 Å². The summed E-state index contributed by atoms with van der Waals surface area (Å²) in [5, 5.41) is 7.76. The third kappa shape index (κ3) is 2.88. The van der Waals surface area contributed by atoms with Crippen LogP contribution >= 0.6 is 23.1 Å². The van der Waals surface area contributed by atoms with Gasteiger partial charge in [0.1, 0.15) is 5.69 Å². The summed E-state index contributed by atoms with van der Waals surface area (Å²) in [6.07, 6.45) is 4.55. The topological polar surface area (TPSA) is 45.8 Å². The van der Waals surface area contributed by atoms with Gasteiger partial charge in [0.25, 0.3) is 0 Å². The first-order valence-electron chi connectivity index (χ1n) is 7.77. The number of thiophene rings is 1. The number of nitrogens with zero attached hydrogens (tertiary/aromatic N) is 1. The van der Waals surface area contributed by atoms with E-state index in [0.29, 0.717) is 17.5 Å². The molecule has 0 bridgehead atoms. The number of H-pyrrole nitrogens is 1. The maximum Gasteiger partial charge on any atom is 0.165 e. The molecule has 3 rings (SSSR count). The van der Waals surface area contributed by atoms with Gasteiger partial charge in [-0.2, -0.15) is 5.10 Å². The Hall–Kier alpha value is -1.07. The van der Waals surface area contributed by atoms with Crippen molar-refractivity contribution in [2.75, 3.05) is 0 Å². The number of hydrogen-bond donors (Lipinski definition) is 1. The Bertz CT molecular complexity index is 686. The molecule has 3 nitrogen and oxygen atoms in total. The van der Waals surface area contributed by atoms with E-state index < -0.39 is 0 Å². The lowest BCUT2D eigenvalue weighted by Gasteiger charge is -2.29. The number of nitrogens with one attached hydrogen (secondary N) is 1. The van der Waals surface area contributed by atoms with Gasteiger partial charge in [-0.1, -0.05) is 27.7 Å². The number of hydrogen-bond acceptors (Lipinski definition) is 4. The smallest absolute Gasteiger partial charge is 0.165 e. The van der Waals surface area contributed by atoms with Crippen molar-refractivity contribution < 1.29 is 4.79 Å². The molecule has 0 radical (unpaired) electrons. The third-order valence-corrected chi connectivity index (χ3v) is 6.91. The Labute approximate surface area is 139 Å². The minimum atomic E-state index is 0.0362. The summed E-state index contributed by atoms with van der Waals surface area (Å²) in [4.78, 5) is 13.9. The van der Waals surface area contributed by atoms with Crippen LogP contribution in [-0.4, -0.2) is 21.2 Å². The molecule has 1 atom stereocenters. The van der Waals surface area contributed by atoms with Crippen LogP contribution in [0.2, 0.25) is 0 Å². The summed E-state index contributed by atoms with van der Waals surface area (Å²) >= 11 is 3.58. The fourth-order valence-electron chi connectivity index (χ4n) is 2.90. The minimum absolute atomic E-state index is 0.0362. The largest absolute Gasteiger partial charge is 0.294 e. The number of ketones is 1. The molecule has 22 heavy (non-hydrogen) atoms. The molecule has 0 saturated carbocycles. The molecule has 1 N–H and O–H groups in total. The molecule has 0 saturated heterocycles. The minimum Gasteiger partial charge on any atom is -0.294 e. The van der Waals surface area contributed by atoms with E-state index in [9.17, 15) is 4.79 Å². The van der Waals surface area contributed by atoms with E-state index >= 15 is 0 Å². The van der Waals surface area contributed by atoms with Gasteiger partial charge in [-0.15, -0.1) is 23.1 Å². The molecule has 0 spiro atoms. The molecule has 5 heteroatoms. The zero-order chi connectivity index (χ0) is 15.9. The summed E-state index contributed by atoms with van der Waals surface area (Å²) in [6.45, 7) is 8.78. The van der Waals surface area contributed by atoms with Crippen molar-refractivity contribution in [1.29, 1.82) is 0 Å². The SMILES string of the molecule is CCC(C)Sc1sc(-c2cc[nH]n2)c2c1C(=O)CC(C)(C)C2. The van der Waals surface area contributed by atoms with Crippen LogP contribution < -0.4 is 0 Å². The average Bonchev–Trinajstić information content (AvgIpc) is 3.05. The molecular weight excluding hydrogens is 312 g/mol. The van der Waals surface area contributed by atoms with Crippen LogP contribution in [-0.2, 0) is 6.42 Å². The van der Waals surface area contributed by atoms with E-state index in [1.807, 2.05) is 24.0 Å². The Morgan fingerprint density at radius 1 is 1.45 bits per heavy atom. The van der Waals surface area contributed by atoms with Crippen molar-refractivity contribution in [3.63, 3.8) is 0 Å². The number of aromatic nitrogens is 2. The first-order valence-corrected chi connectivity index (χ1v) is 9.46. The fourth-order valence-corrected chi connectivity index (χ4v) is 5.76. The zero-order valence-electron chi connectivity index (χ0n) is 13.5. The first-order chi connectivity index (χ1) is 10.4. The standard InChI is InChI=1S/C17H22N2OS2/c1-5-10(2)21-16-14-11(8-17(3,4)9-13(14)20)15(22-16)12-6-7-18-19-12/h6-7,10H,5,8-9H2,1-4H3,(H,18,19). The van der Waals surface area contributed by atoms with Gasteiger partial charge in [0.15, 0.2) is 5.78 Å². The van der Waals surface area contributed by atoms with Crippen molar-refractivity contribution >= 4 is 28.9 Å². The van der Waals surface area contributed by atoms with Gasteiger partial charge in [-0.05, 0) is 29.9 Å². The summed E-state index contributed by atoms with van der Waals surface area (Å²) < 4.78 is 1.18. The molecule has 1 unspecified atom stereocenters. The van der Waals surface area contributed by atoms with Crippen molar-refractivity contribution in [2.24, 2.45) is 5.41 Å². The van der Waals surface area contributed by atoms with Gasteiger partial charge in [-0.25, -0.2) is 0 Å². The molecule has 0 aromatic carbocycles. The summed E-state index contributed by atoms with van der Waals surface area (Å²) in [5.41, 5.74) is 3.19. The predicted molar refractivity (Wildman–Crippen MR) is 93.9 cm³/mol. The van der Waals surface area contributed by atoms with Crippen LogP contribution in [0.15, 0.2) is 16.5 Å². The molecule has 0 fully saturated rings. The van der Waals surface area contributed by atoms with Crippen LogP contribution in [0, 0.1) is 5.41 Å². The number of Topliss-reactive ketones (excluding diaryl/α,β-unsaturated/α-hetero) is 1. The van der Waals surface area contributed by atoms with Crippen LogP contribution in [0.4, 0.5) is 0 Å². The Morgan fingerprint density at radius 3 is 2.86 bits per heavy atom. The number of rotatable bonds is 4. The first kappa shape index (κ1) is 15.8. The van der Waals surface area contributed by atoms with Crippen LogP contribution in [0.3, 0.4) is 0 Å². The van der Waals surface area contributed by atoms with Crippen LogP contribution in [0.1, 0.15) is 56.5 Å². The van der Waals surface area contributed by atoms with E-state index in [2.05, 4.69) is 37.9 Å². The van der Waals surface area contributed by atoms with Crippen molar-refractivity contribution in [3.05, 3.63) is 23.4 Å². The second kappa shape index (κ2) is 5.85. The normalized spacial score (nSPS) is 18.3. The molecular formula is C17H22N2OS2. The lowest BCUT2D eigenvalue weighted by atomic mass is 9.74. The summed E-state index contributed by atoms with van der Waals surface area (Å²) in [6, 6.07) is 2.00. The van der Waals surface area contributed by atoms with Gasteiger partial charge in [0.05, 0.1) is 9.09 Å². The zero-order valence-corrected chi connectivity index (χ0v) is 15.2. The lowest BCUT2D eigenvalue weighted by molar-refractivity contribution is 0.0910. The third-order valence-electron chi connectivity index (χ3n) is 4.16. The number of aromatic amines is 1. The average molecular weight is 335 g/mol. The highest BCUT2D eigenvalue weighted by molar-refractivity contribution is 8.01. The van der Waals surface area contributed by atoms with E-state index in [1.54, 1.807) is 11.3 Å². The van der Waals surface area contributed by atoms with Gasteiger partial charge >= 0.3 is 0 Å². The van der Waals surface area contributed by atoms with E-state index in [1.165, 1.54) is 14.6 Å². The number of carbonyl (C=O) groups is 1. The Morgan fingerprint density at radius 2 is 2.23 bits per heavy atom. The highest BCUT2D eigenvalue weighted by Crippen LogP contribution is 2.49. The van der Waals surface area contributed by atoms with Crippen molar-refractivity contribution in [2.45, 2.75) is 56.4 Å². The second-order valence-corrected chi connectivity index (χ2v) is 9.54. The molecule has 0 aliphatic heterocycles. The molecule has 1 aliphatic rings. The highest BCUT2D eigenvalue weighted by Gasteiger charge is 2.36. The monoisotopic (exact) mass is 334 g/mol. The molecule has 118 valence electrons. The Balaban J connectivity index is 2.12. The maximum atomic E-state index is 12.7. The van der Waals surface area contributed by atoms with Gasteiger partial charge in [-0.3, -0.25) is 9.89 Å². The number of carbonyl (C=O) groups excluding carboxylic acids is 1. The number of fused-ring (bicyclic) bond motifs is 1. The molecule has 2 aromatic rings. The van der Waals surface area contributed by atoms with Crippen LogP contribution in [0.5, 0.6) is 0 Å². The fraction of sp³-hybridized carbons (Fsp3) is 0.529. The van der Waals surface area contributed by atoms with Gasteiger partial charge in [0.2, 0.25) is 0 Å².